The zero-order valence-electron chi connectivity index (χ0n) is 13.0. The SMILES string of the molecule is Cc1cccc(NC(=O)C2CC2C(=O)Nc2cc(Cl)cc(Cl)c2)c1. The van der Waals surface area contributed by atoms with Gasteiger partial charge in [0.15, 0.2) is 0 Å². The number of carbonyl (C=O) groups excluding carboxylic acids is 2. The van der Waals surface area contributed by atoms with Crippen LogP contribution in [0.5, 0.6) is 0 Å². The van der Waals surface area contributed by atoms with Gasteiger partial charge in [0.1, 0.15) is 0 Å². The molecule has 0 bridgehead atoms. The number of halogens is 2. The second kappa shape index (κ2) is 6.83. The lowest BCUT2D eigenvalue weighted by atomic mass is 10.2. The number of carbonyl (C=O) groups is 2. The Bertz CT molecular complexity index is 787. The highest BCUT2D eigenvalue weighted by atomic mass is 35.5. The molecule has 2 amide bonds. The zero-order valence-corrected chi connectivity index (χ0v) is 14.5. The van der Waals surface area contributed by atoms with E-state index in [0.29, 0.717) is 22.2 Å². The first-order valence-corrected chi connectivity index (χ1v) is 8.32. The molecule has 2 N–H and O–H groups in total. The summed E-state index contributed by atoms with van der Waals surface area (Å²) in [5, 5.41) is 6.50. The molecule has 0 spiro atoms. The summed E-state index contributed by atoms with van der Waals surface area (Å²) in [7, 11) is 0. The Kier molecular flexibility index (Phi) is 4.78. The lowest BCUT2D eigenvalue weighted by Gasteiger charge is -2.07. The standard InChI is InChI=1S/C18H16Cl2N2O2/c1-10-3-2-4-13(5-10)21-17(23)15-9-16(15)18(24)22-14-7-11(19)6-12(20)8-14/h2-8,15-16H,9H2,1H3,(H,21,23)(H,22,24). The van der Waals surface area contributed by atoms with Crippen LogP contribution in [0.1, 0.15) is 12.0 Å². The minimum atomic E-state index is -0.326. The molecule has 1 saturated carbocycles. The fourth-order valence-corrected chi connectivity index (χ4v) is 3.12. The van der Waals surface area contributed by atoms with Crippen molar-refractivity contribution in [1.82, 2.24) is 0 Å². The van der Waals surface area contributed by atoms with Crippen molar-refractivity contribution in [3.63, 3.8) is 0 Å². The van der Waals surface area contributed by atoms with Crippen molar-refractivity contribution in [2.75, 3.05) is 10.6 Å². The first-order valence-electron chi connectivity index (χ1n) is 7.57. The average molecular weight is 363 g/mol. The molecule has 2 aromatic rings. The molecule has 1 aliphatic carbocycles. The molecule has 24 heavy (non-hydrogen) atoms. The monoisotopic (exact) mass is 362 g/mol. The Hall–Kier alpha value is -2.04. The van der Waals surface area contributed by atoms with Crippen LogP contribution in [0.15, 0.2) is 42.5 Å². The summed E-state index contributed by atoms with van der Waals surface area (Å²) in [4.78, 5) is 24.5. The van der Waals surface area contributed by atoms with E-state index in [2.05, 4.69) is 10.6 Å². The molecule has 2 atom stereocenters. The average Bonchev–Trinajstić information content (AvgIpc) is 3.26. The van der Waals surface area contributed by atoms with E-state index in [1.54, 1.807) is 18.2 Å². The van der Waals surface area contributed by atoms with Crippen LogP contribution in [0, 0.1) is 18.8 Å². The lowest BCUT2D eigenvalue weighted by molar-refractivity contribution is -0.122. The van der Waals surface area contributed by atoms with Crippen molar-refractivity contribution in [2.45, 2.75) is 13.3 Å². The van der Waals surface area contributed by atoms with Gasteiger partial charge >= 0.3 is 0 Å². The predicted molar refractivity (Wildman–Crippen MR) is 96.5 cm³/mol. The molecular formula is C18H16Cl2N2O2. The minimum absolute atomic E-state index is 0.134. The van der Waals surface area contributed by atoms with E-state index in [0.717, 1.165) is 11.3 Å². The van der Waals surface area contributed by atoms with Crippen molar-refractivity contribution in [3.8, 4) is 0 Å². The highest BCUT2D eigenvalue weighted by Gasteiger charge is 2.48. The Labute approximate surface area is 150 Å². The van der Waals surface area contributed by atoms with Crippen LogP contribution in [-0.4, -0.2) is 11.8 Å². The van der Waals surface area contributed by atoms with E-state index in [1.165, 1.54) is 0 Å². The van der Waals surface area contributed by atoms with Gasteiger partial charge in [-0.3, -0.25) is 9.59 Å². The van der Waals surface area contributed by atoms with Gasteiger partial charge in [0.2, 0.25) is 11.8 Å². The highest BCUT2D eigenvalue weighted by Crippen LogP contribution is 2.40. The van der Waals surface area contributed by atoms with Crippen molar-refractivity contribution in [1.29, 1.82) is 0 Å². The van der Waals surface area contributed by atoms with E-state index in [9.17, 15) is 9.59 Å². The zero-order chi connectivity index (χ0) is 17.3. The number of amides is 2. The third kappa shape index (κ3) is 4.08. The van der Waals surface area contributed by atoms with Crippen molar-refractivity contribution < 1.29 is 9.59 Å². The highest BCUT2D eigenvalue weighted by molar-refractivity contribution is 6.35. The van der Waals surface area contributed by atoms with Gasteiger partial charge in [-0.25, -0.2) is 0 Å². The Morgan fingerprint density at radius 3 is 2.08 bits per heavy atom. The van der Waals surface area contributed by atoms with Gasteiger partial charge in [0.25, 0.3) is 0 Å². The molecule has 0 radical (unpaired) electrons. The molecule has 124 valence electrons. The molecule has 0 aromatic heterocycles. The van der Waals surface area contributed by atoms with Crippen LogP contribution in [0.3, 0.4) is 0 Å². The minimum Gasteiger partial charge on any atom is -0.326 e. The topological polar surface area (TPSA) is 58.2 Å². The quantitative estimate of drug-likeness (QED) is 0.839. The number of anilines is 2. The molecule has 0 saturated heterocycles. The normalized spacial score (nSPS) is 18.8. The van der Waals surface area contributed by atoms with Gasteiger partial charge in [-0.2, -0.15) is 0 Å². The van der Waals surface area contributed by atoms with Gasteiger partial charge in [-0.1, -0.05) is 35.3 Å². The van der Waals surface area contributed by atoms with Crippen LogP contribution in [-0.2, 0) is 9.59 Å². The van der Waals surface area contributed by atoms with E-state index in [1.807, 2.05) is 31.2 Å². The largest absolute Gasteiger partial charge is 0.326 e. The van der Waals surface area contributed by atoms with Crippen LogP contribution in [0.25, 0.3) is 0 Å². The third-order valence-corrected chi connectivity index (χ3v) is 4.32. The molecule has 0 heterocycles. The molecule has 6 heteroatoms. The van der Waals surface area contributed by atoms with Crippen LogP contribution in [0.2, 0.25) is 10.0 Å². The molecule has 2 aromatic carbocycles. The van der Waals surface area contributed by atoms with Gasteiger partial charge in [-0.05, 0) is 49.2 Å². The van der Waals surface area contributed by atoms with E-state index in [4.69, 9.17) is 23.2 Å². The molecule has 1 fully saturated rings. The predicted octanol–water partition coefficient (Wildman–Crippen LogP) is 4.52. The molecule has 3 rings (SSSR count). The molecular weight excluding hydrogens is 347 g/mol. The molecule has 1 aliphatic rings. The maximum Gasteiger partial charge on any atom is 0.228 e. The second-order valence-corrected chi connectivity index (χ2v) is 6.83. The first kappa shape index (κ1) is 16.8. The van der Waals surface area contributed by atoms with Gasteiger partial charge in [0, 0.05) is 21.4 Å². The van der Waals surface area contributed by atoms with Crippen LogP contribution < -0.4 is 10.6 Å². The van der Waals surface area contributed by atoms with E-state index < -0.39 is 0 Å². The molecule has 2 unspecified atom stereocenters. The molecule has 0 aliphatic heterocycles. The van der Waals surface area contributed by atoms with Crippen molar-refractivity contribution in [2.24, 2.45) is 11.8 Å². The second-order valence-electron chi connectivity index (χ2n) is 5.95. The first-order chi connectivity index (χ1) is 11.4. The smallest absolute Gasteiger partial charge is 0.228 e. The number of rotatable bonds is 4. The van der Waals surface area contributed by atoms with Gasteiger partial charge in [-0.15, -0.1) is 0 Å². The summed E-state index contributed by atoms with van der Waals surface area (Å²) < 4.78 is 0. The Balaban J connectivity index is 1.58. The van der Waals surface area contributed by atoms with Gasteiger partial charge in [0.05, 0.1) is 11.8 Å². The summed E-state index contributed by atoms with van der Waals surface area (Å²) in [5.41, 5.74) is 2.34. The maximum absolute atomic E-state index is 12.2. The van der Waals surface area contributed by atoms with Gasteiger partial charge < -0.3 is 10.6 Å². The summed E-state index contributed by atoms with van der Waals surface area (Å²) in [6, 6.07) is 12.4. The number of aryl methyl sites for hydroxylation is 1. The number of nitrogens with one attached hydrogen (secondary N) is 2. The summed E-state index contributed by atoms with van der Waals surface area (Å²) in [6.45, 7) is 1.96. The lowest BCUT2D eigenvalue weighted by Crippen LogP contribution is -2.20. The third-order valence-electron chi connectivity index (χ3n) is 3.88. The van der Waals surface area contributed by atoms with Crippen LogP contribution >= 0.6 is 23.2 Å². The summed E-state index contributed by atoms with van der Waals surface area (Å²) in [5.74, 6) is -0.963. The van der Waals surface area contributed by atoms with Crippen molar-refractivity contribution in [3.05, 3.63) is 58.1 Å². The van der Waals surface area contributed by atoms with E-state index >= 15 is 0 Å². The Morgan fingerprint density at radius 2 is 1.50 bits per heavy atom. The maximum atomic E-state index is 12.2. The van der Waals surface area contributed by atoms with Crippen LogP contribution in [0.4, 0.5) is 11.4 Å². The summed E-state index contributed by atoms with van der Waals surface area (Å²) >= 11 is 11.8. The summed E-state index contributed by atoms with van der Waals surface area (Å²) in [6.07, 6.45) is 0.539. The number of hydrogen-bond acceptors (Lipinski definition) is 2. The number of hydrogen-bond donors (Lipinski definition) is 2. The number of benzene rings is 2. The Morgan fingerprint density at radius 1 is 0.917 bits per heavy atom. The molecule has 4 nitrogen and oxygen atoms in total. The van der Waals surface area contributed by atoms with E-state index in [-0.39, 0.29) is 23.7 Å². The van der Waals surface area contributed by atoms with Crippen molar-refractivity contribution >= 4 is 46.4 Å². The fourth-order valence-electron chi connectivity index (χ4n) is 2.59. The fraction of sp³-hybridized carbons (Fsp3) is 0.222.